The van der Waals surface area contributed by atoms with Crippen LogP contribution in [0.4, 0.5) is 11.4 Å². The van der Waals surface area contributed by atoms with Gasteiger partial charge in [0.25, 0.3) is 5.91 Å². The van der Waals surface area contributed by atoms with Crippen LogP contribution in [0.2, 0.25) is 10.0 Å². The second kappa shape index (κ2) is 12.3. The number of carbonyl (C=O) groups is 2. The Morgan fingerprint density at radius 1 is 1.00 bits per heavy atom. The summed E-state index contributed by atoms with van der Waals surface area (Å²) in [6.45, 7) is 5.45. The summed E-state index contributed by atoms with van der Waals surface area (Å²) in [6, 6.07) is 4.68. The van der Waals surface area contributed by atoms with Crippen LogP contribution < -0.4 is 24.3 Å². The highest BCUT2D eigenvalue weighted by atomic mass is 35.5. The number of benzene rings is 2. The van der Waals surface area contributed by atoms with Gasteiger partial charge in [-0.1, -0.05) is 23.2 Å². The van der Waals surface area contributed by atoms with Gasteiger partial charge in [0.1, 0.15) is 0 Å². The molecule has 0 spiro atoms. The van der Waals surface area contributed by atoms with Crippen molar-refractivity contribution in [2.24, 2.45) is 10.2 Å². The van der Waals surface area contributed by atoms with Crippen molar-refractivity contribution in [2.45, 2.75) is 26.8 Å². The molecule has 2 aromatic rings. The largest absolute Gasteiger partial charge is 0.494 e. The Balaban J connectivity index is 2.40. The molecule has 0 aromatic heterocycles. The Labute approximate surface area is 202 Å². The zero-order chi connectivity index (χ0) is 24.5. The standard InChI is InChI=1S/C22H25Cl2N3O6/c1-6-32-20-14(24)8-9-15(21(20)33-7-2)25-22(29)18(12(3)28)26-27-19-16(30-4)10-13(23)11-17(19)31-5/h8-11,18H,6-7H2,1-5H3,(H,25,29). The van der Waals surface area contributed by atoms with Crippen LogP contribution in [0.25, 0.3) is 0 Å². The van der Waals surface area contributed by atoms with Crippen molar-refractivity contribution >= 4 is 46.3 Å². The number of hydrogen-bond acceptors (Lipinski definition) is 8. The van der Waals surface area contributed by atoms with Crippen molar-refractivity contribution in [3.8, 4) is 23.0 Å². The minimum Gasteiger partial charge on any atom is -0.494 e. The van der Waals surface area contributed by atoms with Crippen LogP contribution in [0, 0.1) is 0 Å². The van der Waals surface area contributed by atoms with Gasteiger partial charge in [0.15, 0.2) is 34.5 Å². The number of carbonyl (C=O) groups excluding carboxylic acids is 2. The molecule has 0 saturated heterocycles. The van der Waals surface area contributed by atoms with E-state index in [0.717, 1.165) is 0 Å². The molecular formula is C22H25Cl2N3O6. The predicted octanol–water partition coefficient (Wildman–Crippen LogP) is 5.49. The SMILES string of the molecule is CCOc1c(Cl)ccc(NC(=O)C(N=Nc2c(OC)cc(Cl)cc2OC)C(C)=O)c1OCC. The topological polar surface area (TPSA) is 108 Å². The van der Waals surface area contributed by atoms with E-state index >= 15 is 0 Å². The molecule has 11 heteroatoms. The van der Waals surface area contributed by atoms with Crippen LogP contribution in [0.5, 0.6) is 23.0 Å². The van der Waals surface area contributed by atoms with E-state index in [4.69, 9.17) is 42.1 Å². The maximum atomic E-state index is 13.0. The maximum absolute atomic E-state index is 13.0. The number of hydrogen-bond donors (Lipinski definition) is 1. The molecule has 2 aromatic carbocycles. The minimum absolute atomic E-state index is 0.184. The van der Waals surface area contributed by atoms with Gasteiger partial charge >= 0.3 is 0 Å². The van der Waals surface area contributed by atoms with Gasteiger partial charge in [-0.25, -0.2) is 0 Å². The van der Waals surface area contributed by atoms with E-state index in [0.29, 0.717) is 23.3 Å². The van der Waals surface area contributed by atoms with Gasteiger partial charge in [0, 0.05) is 17.2 Å². The first kappa shape index (κ1) is 26.2. The zero-order valence-electron chi connectivity index (χ0n) is 18.9. The molecule has 1 amide bonds. The van der Waals surface area contributed by atoms with Crippen LogP contribution in [0.1, 0.15) is 20.8 Å². The fraction of sp³-hybridized carbons (Fsp3) is 0.364. The summed E-state index contributed by atoms with van der Waals surface area (Å²) in [7, 11) is 2.84. The lowest BCUT2D eigenvalue weighted by Crippen LogP contribution is -2.32. The summed E-state index contributed by atoms with van der Waals surface area (Å²) in [6.07, 6.45) is 0. The molecule has 0 aliphatic heterocycles. The highest BCUT2D eigenvalue weighted by Gasteiger charge is 2.26. The van der Waals surface area contributed by atoms with Crippen LogP contribution >= 0.6 is 23.2 Å². The second-order valence-electron chi connectivity index (χ2n) is 6.50. The third kappa shape index (κ3) is 6.49. The van der Waals surface area contributed by atoms with E-state index in [2.05, 4.69) is 15.5 Å². The van der Waals surface area contributed by atoms with E-state index in [1.807, 2.05) is 0 Å². The molecule has 2 rings (SSSR count). The molecule has 33 heavy (non-hydrogen) atoms. The van der Waals surface area contributed by atoms with Crippen LogP contribution in [0.15, 0.2) is 34.5 Å². The maximum Gasteiger partial charge on any atom is 0.258 e. The van der Waals surface area contributed by atoms with Crippen LogP contribution in [0.3, 0.4) is 0 Å². The van der Waals surface area contributed by atoms with E-state index in [1.54, 1.807) is 26.0 Å². The highest BCUT2D eigenvalue weighted by Crippen LogP contribution is 2.42. The van der Waals surface area contributed by atoms with E-state index in [9.17, 15) is 9.59 Å². The van der Waals surface area contributed by atoms with E-state index < -0.39 is 17.7 Å². The highest BCUT2D eigenvalue weighted by molar-refractivity contribution is 6.32. The molecule has 1 unspecified atom stereocenters. The molecule has 0 aliphatic rings. The Morgan fingerprint density at radius 2 is 1.58 bits per heavy atom. The zero-order valence-corrected chi connectivity index (χ0v) is 20.4. The molecular weight excluding hydrogens is 473 g/mol. The predicted molar refractivity (Wildman–Crippen MR) is 126 cm³/mol. The van der Waals surface area contributed by atoms with Crippen molar-refractivity contribution < 1.29 is 28.5 Å². The van der Waals surface area contributed by atoms with Crippen molar-refractivity contribution in [1.82, 2.24) is 0 Å². The molecule has 0 saturated carbocycles. The third-order valence-electron chi connectivity index (χ3n) is 4.25. The number of amides is 1. The normalized spacial score (nSPS) is 11.7. The van der Waals surface area contributed by atoms with Gasteiger partial charge in [0.2, 0.25) is 6.04 Å². The second-order valence-corrected chi connectivity index (χ2v) is 7.34. The number of nitrogens with zero attached hydrogens (tertiary/aromatic N) is 2. The molecule has 0 bridgehead atoms. The number of Topliss-reactive ketones (excluding diaryl/α,β-unsaturated/α-hetero) is 1. The van der Waals surface area contributed by atoms with Gasteiger partial charge in [-0.05, 0) is 32.9 Å². The van der Waals surface area contributed by atoms with Crippen molar-refractivity contribution in [3.63, 3.8) is 0 Å². The molecule has 1 N–H and O–H groups in total. The average Bonchev–Trinajstić information content (AvgIpc) is 2.78. The third-order valence-corrected chi connectivity index (χ3v) is 4.77. The Kier molecular flexibility index (Phi) is 9.74. The molecule has 0 heterocycles. The summed E-state index contributed by atoms with van der Waals surface area (Å²) in [5.74, 6) is -0.174. The number of halogens is 2. The number of rotatable bonds is 11. The van der Waals surface area contributed by atoms with E-state index in [1.165, 1.54) is 33.3 Å². The quantitative estimate of drug-likeness (QED) is 0.324. The smallest absolute Gasteiger partial charge is 0.258 e. The molecule has 1 atom stereocenters. The van der Waals surface area contributed by atoms with Crippen molar-refractivity contribution in [3.05, 3.63) is 34.3 Å². The molecule has 178 valence electrons. The molecule has 0 radical (unpaired) electrons. The summed E-state index contributed by atoms with van der Waals surface area (Å²) in [5.41, 5.74) is 0.460. The first-order valence-electron chi connectivity index (χ1n) is 9.99. The van der Waals surface area contributed by atoms with Gasteiger partial charge < -0.3 is 24.3 Å². The van der Waals surface area contributed by atoms with E-state index in [-0.39, 0.29) is 34.4 Å². The summed E-state index contributed by atoms with van der Waals surface area (Å²) in [4.78, 5) is 25.2. The van der Waals surface area contributed by atoms with Gasteiger partial charge in [-0.15, -0.1) is 5.11 Å². The van der Waals surface area contributed by atoms with Gasteiger partial charge in [-0.2, -0.15) is 5.11 Å². The Morgan fingerprint density at radius 3 is 2.09 bits per heavy atom. The number of methoxy groups -OCH3 is 2. The van der Waals surface area contributed by atoms with Crippen LogP contribution in [-0.4, -0.2) is 45.2 Å². The fourth-order valence-electron chi connectivity index (χ4n) is 2.80. The van der Waals surface area contributed by atoms with Crippen molar-refractivity contribution in [2.75, 3.05) is 32.8 Å². The molecule has 9 nitrogen and oxygen atoms in total. The summed E-state index contributed by atoms with van der Waals surface area (Å²) in [5, 5.41) is 11.3. The summed E-state index contributed by atoms with van der Waals surface area (Å²) < 4.78 is 21.7. The van der Waals surface area contributed by atoms with Gasteiger partial charge in [-0.3, -0.25) is 9.59 Å². The van der Waals surface area contributed by atoms with Crippen molar-refractivity contribution in [1.29, 1.82) is 0 Å². The van der Waals surface area contributed by atoms with Crippen LogP contribution in [-0.2, 0) is 9.59 Å². The lowest BCUT2D eigenvalue weighted by molar-refractivity contribution is -0.126. The number of anilines is 1. The number of nitrogens with one attached hydrogen (secondary N) is 1. The number of ketones is 1. The number of azo groups is 1. The number of ether oxygens (including phenoxy) is 4. The summed E-state index contributed by atoms with van der Waals surface area (Å²) >= 11 is 12.3. The lowest BCUT2D eigenvalue weighted by Gasteiger charge is -2.18. The monoisotopic (exact) mass is 497 g/mol. The Hall–Kier alpha value is -3.04. The lowest BCUT2D eigenvalue weighted by atomic mass is 10.2. The minimum atomic E-state index is -1.45. The molecule has 0 fully saturated rings. The van der Waals surface area contributed by atoms with Gasteiger partial charge in [0.05, 0.1) is 38.1 Å². The molecule has 0 aliphatic carbocycles. The first-order valence-corrected chi connectivity index (χ1v) is 10.7. The first-order chi connectivity index (χ1) is 15.8. The fourth-order valence-corrected chi connectivity index (χ4v) is 3.20. The Bertz CT molecular complexity index is 1020. The average molecular weight is 498 g/mol.